The first-order chi connectivity index (χ1) is 5.70. The standard InChI is InChI=1S/C6H10N4O2/c1-7-5(11)4-6(12-3)10(2)9-8-4/h1-3H3,(H,7,11). The molecule has 0 aliphatic rings. The number of aromatic nitrogens is 3. The molecule has 0 atom stereocenters. The van der Waals surface area contributed by atoms with Gasteiger partial charge in [0.15, 0.2) is 0 Å². The Labute approximate surface area is 69.5 Å². The van der Waals surface area contributed by atoms with Gasteiger partial charge in [-0.3, -0.25) is 4.79 Å². The van der Waals surface area contributed by atoms with Crippen molar-refractivity contribution in [2.45, 2.75) is 0 Å². The number of methoxy groups -OCH3 is 1. The normalized spacial score (nSPS) is 9.58. The van der Waals surface area contributed by atoms with Gasteiger partial charge in [0, 0.05) is 14.1 Å². The zero-order chi connectivity index (χ0) is 9.14. The van der Waals surface area contributed by atoms with Gasteiger partial charge in [0.2, 0.25) is 11.6 Å². The summed E-state index contributed by atoms with van der Waals surface area (Å²) in [5.41, 5.74) is 0.197. The summed E-state index contributed by atoms with van der Waals surface area (Å²) in [6, 6.07) is 0. The molecule has 0 saturated carbocycles. The number of nitrogens with one attached hydrogen (secondary N) is 1. The summed E-state index contributed by atoms with van der Waals surface area (Å²) in [5.74, 6) is 0.0503. The van der Waals surface area contributed by atoms with Crippen molar-refractivity contribution in [2.24, 2.45) is 7.05 Å². The average Bonchev–Trinajstić information content (AvgIpc) is 2.45. The van der Waals surface area contributed by atoms with E-state index in [1.807, 2.05) is 0 Å². The maximum absolute atomic E-state index is 11.1. The minimum atomic E-state index is -0.306. The molecule has 0 aliphatic heterocycles. The molecule has 1 aromatic heterocycles. The third-order valence-electron chi connectivity index (χ3n) is 1.41. The van der Waals surface area contributed by atoms with Crippen LogP contribution in [0.2, 0.25) is 0 Å². The lowest BCUT2D eigenvalue weighted by molar-refractivity contribution is 0.0954. The van der Waals surface area contributed by atoms with E-state index in [1.165, 1.54) is 18.8 Å². The van der Waals surface area contributed by atoms with Gasteiger partial charge in [-0.25, -0.2) is 4.68 Å². The number of hydrogen-bond acceptors (Lipinski definition) is 4. The zero-order valence-electron chi connectivity index (χ0n) is 7.16. The fraction of sp³-hybridized carbons (Fsp3) is 0.500. The number of carbonyl (C=O) groups excluding carboxylic acids is 1. The molecular formula is C6H10N4O2. The number of rotatable bonds is 2. The van der Waals surface area contributed by atoms with Crippen molar-refractivity contribution in [3.8, 4) is 5.88 Å². The molecule has 0 fully saturated rings. The van der Waals surface area contributed by atoms with Crippen LogP contribution < -0.4 is 10.1 Å². The number of amides is 1. The second kappa shape index (κ2) is 3.21. The highest BCUT2D eigenvalue weighted by Gasteiger charge is 2.17. The van der Waals surface area contributed by atoms with Crippen LogP contribution in [0, 0.1) is 0 Å². The van der Waals surface area contributed by atoms with Crippen molar-refractivity contribution >= 4 is 5.91 Å². The highest BCUT2D eigenvalue weighted by molar-refractivity contribution is 5.94. The minimum absolute atomic E-state index is 0.197. The van der Waals surface area contributed by atoms with E-state index in [0.29, 0.717) is 5.88 Å². The van der Waals surface area contributed by atoms with Crippen LogP contribution in [0.1, 0.15) is 10.5 Å². The molecule has 1 heterocycles. The number of nitrogens with zero attached hydrogens (tertiary/aromatic N) is 3. The maximum atomic E-state index is 11.1. The maximum Gasteiger partial charge on any atom is 0.277 e. The molecule has 66 valence electrons. The highest BCUT2D eigenvalue weighted by atomic mass is 16.5. The number of hydrogen-bond donors (Lipinski definition) is 1. The highest BCUT2D eigenvalue weighted by Crippen LogP contribution is 2.12. The molecule has 6 nitrogen and oxygen atoms in total. The fourth-order valence-electron chi connectivity index (χ4n) is 0.838. The van der Waals surface area contributed by atoms with Gasteiger partial charge in [0.1, 0.15) is 0 Å². The first-order valence-electron chi connectivity index (χ1n) is 3.36. The number of aryl methyl sites for hydroxylation is 1. The molecule has 0 unspecified atom stereocenters. The summed E-state index contributed by atoms with van der Waals surface area (Å²) in [5, 5.41) is 9.71. The molecule has 1 N–H and O–H groups in total. The molecule has 12 heavy (non-hydrogen) atoms. The van der Waals surface area contributed by atoms with E-state index in [1.54, 1.807) is 7.05 Å². The molecule has 0 aliphatic carbocycles. The molecular weight excluding hydrogens is 160 g/mol. The lowest BCUT2D eigenvalue weighted by atomic mass is 10.4. The molecule has 1 amide bonds. The molecule has 0 saturated heterocycles. The van der Waals surface area contributed by atoms with Crippen LogP contribution in [0.25, 0.3) is 0 Å². The van der Waals surface area contributed by atoms with Gasteiger partial charge >= 0.3 is 0 Å². The van der Waals surface area contributed by atoms with Crippen LogP contribution in [-0.2, 0) is 7.05 Å². The smallest absolute Gasteiger partial charge is 0.277 e. The lowest BCUT2D eigenvalue weighted by Crippen LogP contribution is -2.19. The zero-order valence-corrected chi connectivity index (χ0v) is 7.16. The Morgan fingerprint density at radius 2 is 2.33 bits per heavy atom. The van der Waals surface area contributed by atoms with Crippen molar-refractivity contribution in [3.05, 3.63) is 5.69 Å². The van der Waals surface area contributed by atoms with Gasteiger partial charge in [-0.2, -0.15) is 0 Å². The summed E-state index contributed by atoms with van der Waals surface area (Å²) in [6.07, 6.45) is 0. The minimum Gasteiger partial charge on any atom is -0.479 e. The van der Waals surface area contributed by atoms with Gasteiger partial charge in [-0.05, 0) is 0 Å². The first kappa shape index (κ1) is 8.51. The van der Waals surface area contributed by atoms with E-state index < -0.39 is 0 Å². The second-order valence-electron chi connectivity index (χ2n) is 2.15. The van der Waals surface area contributed by atoms with Crippen LogP contribution >= 0.6 is 0 Å². The topological polar surface area (TPSA) is 69.0 Å². The van der Waals surface area contributed by atoms with Crippen molar-refractivity contribution in [1.29, 1.82) is 0 Å². The van der Waals surface area contributed by atoms with Gasteiger partial charge in [-0.15, -0.1) is 5.10 Å². The predicted octanol–water partition coefficient (Wildman–Crippen LogP) is -0.817. The Morgan fingerprint density at radius 1 is 1.67 bits per heavy atom. The molecule has 0 aromatic carbocycles. The van der Waals surface area contributed by atoms with E-state index in [0.717, 1.165) is 0 Å². The van der Waals surface area contributed by atoms with Crippen LogP contribution in [0.15, 0.2) is 0 Å². The van der Waals surface area contributed by atoms with Crippen molar-refractivity contribution in [1.82, 2.24) is 20.3 Å². The monoisotopic (exact) mass is 170 g/mol. The van der Waals surface area contributed by atoms with Gasteiger partial charge in [-0.1, -0.05) is 5.21 Å². The van der Waals surface area contributed by atoms with Crippen LogP contribution in [-0.4, -0.2) is 35.1 Å². The summed E-state index contributed by atoms with van der Waals surface area (Å²) in [7, 11) is 4.64. The largest absolute Gasteiger partial charge is 0.479 e. The van der Waals surface area contributed by atoms with E-state index in [4.69, 9.17) is 4.74 Å². The molecule has 0 bridgehead atoms. The van der Waals surface area contributed by atoms with Crippen molar-refractivity contribution in [3.63, 3.8) is 0 Å². The van der Waals surface area contributed by atoms with E-state index in [-0.39, 0.29) is 11.6 Å². The average molecular weight is 170 g/mol. The van der Waals surface area contributed by atoms with Crippen LogP contribution in [0.5, 0.6) is 5.88 Å². The van der Waals surface area contributed by atoms with Crippen molar-refractivity contribution in [2.75, 3.05) is 14.2 Å². The summed E-state index contributed by atoms with van der Waals surface area (Å²) >= 11 is 0. The Balaban J connectivity index is 3.07. The number of carbonyl (C=O) groups is 1. The Morgan fingerprint density at radius 3 is 2.83 bits per heavy atom. The SMILES string of the molecule is CNC(=O)c1nnn(C)c1OC. The molecule has 1 aromatic rings. The molecule has 1 rings (SSSR count). The van der Waals surface area contributed by atoms with Crippen LogP contribution in [0.4, 0.5) is 0 Å². The fourth-order valence-corrected chi connectivity index (χ4v) is 0.838. The third-order valence-corrected chi connectivity index (χ3v) is 1.41. The predicted molar refractivity (Wildman–Crippen MR) is 40.9 cm³/mol. The number of ether oxygens (including phenoxy) is 1. The lowest BCUT2D eigenvalue weighted by Gasteiger charge is -1.99. The summed E-state index contributed by atoms with van der Waals surface area (Å²) < 4.78 is 6.31. The summed E-state index contributed by atoms with van der Waals surface area (Å²) in [6.45, 7) is 0. The van der Waals surface area contributed by atoms with E-state index >= 15 is 0 Å². The molecule has 0 radical (unpaired) electrons. The Bertz CT molecular complexity index is 294. The van der Waals surface area contributed by atoms with Crippen molar-refractivity contribution < 1.29 is 9.53 Å². The first-order valence-corrected chi connectivity index (χ1v) is 3.36. The van der Waals surface area contributed by atoms with Gasteiger partial charge in [0.25, 0.3) is 5.91 Å². The molecule has 0 spiro atoms. The second-order valence-corrected chi connectivity index (χ2v) is 2.15. The van der Waals surface area contributed by atoms with E-state index in [9.17, 15) is 4.79 Å². The molecule has 6 heteroatoms. The van der Waals surface area contributed by atoms with Gasteiger partial charge < -0.3 is 10.1 Å². The summed E-state index contributed by atoms with van der Waals surface area (Å²) in [4.78, 5) is 11.1. The van der Waals surface area contributed by atoms with Gasteiger partial charge in [0.05, 0.1) is 7.11 Å². The third kappa shape index (κ3) is 1.23. The quantitative estimate of drug-likeness (QED) is 0.629. The Kier molecular flexibility index (Phi) is 2.27. The van der Waals surface area contributed by atoms with E-state index in [2.05, 4.69) is 15.6 Å². The van der Waals surface area contributed by atoms with Crippen LogP contribution in [0.3, 0.4) is 0 Å². The Hall–Kier alpha value is -1.59.